The van der Waals surface area contributed by atoms with Crippen molar-refractivity contribution in [2.24, 2.45) is 5.41 Å². The second-order valence-electron chi connectivity index (χ2n) is 5.59. The second kappa shape index (κ2) is 3.97. The average molecular weight is 225 g/mol. The second-order valence-corrected chi connectivity index (χ2v) is 7.95. The Labute approximate surface area is 95.7 Å². The van der Waals surface area contributed by atoms with Crippen molar-refractivity contribution in [1.29, 1.82) is 0 Å². The van der Waals surface area contributed by atoms with Gasteiger partial charge in [-0.1, -0.05) is 19.4 Å². The lowest BCUT2D eigenvalue weighted by atomic mass is 9.77. The number of carbonyl (C=O) groups is 1. The molecule has 2 aliphatic rings. The highest BCUT2D eigenvalue weighted by Crippen LogP contribution is 2.40. The van der Waals surface area contributed by atoms with Crippen LogP contribution in [-0.4, -0.2) is 22.5 Å². The van der Waals surface area contributed by atoms with Crippen molar-refractivity contribution in [3.8, 4) is 0 Å². The highest BCUT2D eigenvalue weighted by molar-refractivity contribution is 7.98. The predicted octanol–water partition coefficient (Wildman–Crippen LogP) is 2.71. The van der Waals surface area contributed by atoms with E-state index in [-0.39, 0.29) is 5.41 Å². The summed E-state index contributed by atoms with van der Waals surface area (Å²) in [4.78, 5) is 12.1. The summed E-state index contributed by atoms with van der Waals surface area (Å²) in [6, 6.07) is 0. The molecule has 1 saturated heterocycles. The quantitative estimate of drug-likeness (QED) is 0.627. The first kappa shape index (κ1) is 11.3. The van der Waals surface area contributed by atoms with E-state index >= 15 is 0 Å². The molecule has 1 atom stereocenters. The Morgan fingerprint density at radius 1 is 1.33 bits per heavy atom. The van der Waals surface area contributed by atoms with Gasteiger partial charge in [0.1, 0.15) is 11.5 Å². The summed E-state index contributed by atoms with van der Waals surface area (Å²) in [6.45, 7) is 6.64. The van der Waals surface area contributed by atoms with E-state index in [4.69, 9.17) is 0 Å². The summed E-state index contributed by atoms with van der Waals surface area (Å²) in [5, 5.41) is 0.323. The average Bonchev–Trinajstić information content (AvgIpc) is 2.52. The van der Waals surface area contributed by atoms with Gasteiger partial charge in [-0.25, -0.2) is 0 Å². The minimum absolute atomic E-state index is 0.198. The maximum Gasteiger partial charge on any atom is 0.208 e. The van der Waals surface area contributed by atoms with Crippen molar-refractivity contribution >= 4 is 16.7 Å². The van der Waals surface area contributed by atoms with E-state index in [1.807, 2.05) is 6.08 Å². The summed E-state index contributed by atoms with van der Waals surface area (Å²) < 4.78 is 0. The summed E-state index contributed by atoms with van der Waals surface area (Å²) >= 11 is 0. The molecule has 0 amide bonds. The van der Waals surface area contributed by atoms with Gasteiger partial charge in [0.2, 0.25) is 5.78 Å². The Bertz CT molecular complexity index is 298. The van der Waals surface area contributed by atoms with E-state index in [9.17, 15) is 4.79 Å². The molecule has 0 spiro atoms. The van der Waals surface area contributed by atoms with Crippen molar-refractivity contribution in [2.75, 3.05) is 11.5 Å². The van der Waals surface area contributed by atoms with E-state index in [1.54, 1.807) is 0 Å². The summed E-state index contributed by atoms with van der Waals surface area (Å²) in [7, 11) is 0.378. The molecule has 1 heterocycles. The highest BCUT2D eigenvalue weighted by atomic mass is 32.2. The molecule has 0 aromatic carbocycles. The van der Waals surface area contributed by atoms with Gasteiger partial charge < -0.3 is 0 Å². The topological polar surface area (TPSA) is 17.1 Å². The first-order chi connectivity index (χ1) is 7.00. The molecule has 1 aliphatic carbocycles. The fraction of sp³-hybridized carbons (Fsp3) is 0.769. The third kappa shape index (κ3) is 2.15. The Morgan fingerprint density at radius 2 is 1.93 bits per heavy atom. The lowest BCUT2D eigenvalue weighted by molar-refractivity contribution is -0.116. The first-order valence-corrected chi connectivity index (χ1v) is 7.51. The van der Waals surface area contributed by atoms with Gasteiger partial charge in [0.25, 0.3) is 0 Å². The molecule has 1 aliphatic heterocycles. The van der Waals surface area contributed by atoms with Gasteiger partial charge in [-0.05, 0) is 43.2 Å². The molecule has 2 heteroatoms. The van der Waals surface area contributed by atoms with Gasteiger partial charge in [-0.3, -0.25) is 4.79 Å². The molecule has 0 aromatic heterocycles. The fourth-order valence-electron chi connectivity index (χ4n) is 3.09. The third-order valence-electron chi connectivity index (χ3n) is 3.49. The predicted molar refractivity (Wildman–Crippen MR) is 67.3 cm³/mol. The van der Waals surface area contributed by atoms with Crippen LogP contribution >= 0.6 is 0 Å². The maximum absolute atomic E-state index is 12.1. The summed E-state index contributed by atoms with van der Waals surface area (Å²) in [5.41, 5.74) is 1.47. The lowest BCUT2D eigenvalue weighted by Gasteiger charge is -2.34. The molecule has 0 aromatic rings. The molecule has 0 bridgehead atoms. The Balaban J connectivity index is 2.24. The molecule has 0 radical (unpaired) electrons. The van der Waals surface area contributed by atoms with Gasteiger partial charge >= 0.3 is 0 Å². The monoisotopic (exact) mass is 225 g/mol. The van der Waals surface area contributed by atoms with Crippen LogP contribution in [0.3, 0.4) is 0 Å². The van der Waals surface area contributed by atoms with Crippen LogP contribution < -0.4 is 0 Å². The van der Waals surface area contributed by atoms with E-state index in [2.05, 4.69) is 20.8 Å². The molecule has 1 unspecified atom stereocenters. The summed E-state index contributed by atoms with van der Waals surface area (Å²) in [6.07, 6.45) is 5.69. The van der Waals surface area contributed by atoms with Crippen LogP contribution in [0.1, 0.15) is 40.0 Å². The van der Waals surface area contributed by atoms with Gasteiger partial charge in [-0.2, -0.15) is 0 Å². The van der Waals surface area contributed by atoms with Crippen molar-refractivity contribution in [2.45, 2.75) is 45.3 Å². The number of rotatable bonds is 1. The van der Waals surface area contributed by atoms with Crippen LogP contribution in [0.2, 0.25) is 0 Å². The molecular weight excluding hydrogens is 204 g/mol. The molecule has 0 saturated carbocycles. The van der Waals surface area contributed by atoms with Crippen LogP contribution in [0.15, 0.2) is 11.6 Å². The third-order valence-corrected chi connectivity index (χ3v) is 6.65. The summed E-state index contributed by atoms with van der Waals surface area (Å²) in [5.74, 6) is 3.01. The number of ketones is 1. The number of carbonyl (C=O) groups excluding carboxylic acids is 1. The zero-order valence-electron chi connectivity index (χ0n) is 10.0. The van der Waals surface area contributed by atoms with Crippen LogP contribution in [-0.2, 0) is 15.7 Å². The SMILES string of the molecule is CC1=CC(=O)C([S+]2CCCC2)C(C)(C)C1. The van der Waals surface area contributed by atoms with Crippen LogP contribution in [0, 0.1) is 5.41 Å². The molecular formula is C13H21OS+. The normalized spacial score (nSPS) is 31.8. The minimum Gasteiger partial charge on any atom is -0.289 e. The van der Waals surface area contributed by atoms with E-state index in [0.717, 1.165) is 6.42 Å². The van der Waals surface area contributed by atoms with E-state index in [1.165, 1.54) is 29.9 Å². The van der Waals surface area contributed by atoms with Crippen LogP contribution in [0.25, 0.3) is 0 Å². The van der Waals surface area contributed by atoms with Gasteiger partial charge in [-0.15, -0.1) is 0 Å². The lowest BCUT2D eigenvalue weighted by Crippen LogP contribution is -2.45. The molecule has 84 valence electrons. The smallest absolute Gasteiger partial charge is 0.208 e. The first-order valence-electron chi connectivity index (χ1n) is 5.88. The van der Waals surface area contributed by atoms with Crippen LogP contribution in [0.4, 0.5) is 0 Å². The zero-order chi connectivity index (χ0) is 11.1. The Kier molecular flexibility index (Phi) is 2.98. The zero-order valence-corrected chi connectivity index (χ0v) is 10.8. The highest BCUT2D eigenvalue weighted by Gasteiger charge is 2.49. The standard InChI is InChI=1S/C13H21OS/c1-10-8-11(14)12(13(2,3)9-10)15-6-4-5-7-15/h8,12H,4-7,9H2,1-3H3/q+1. The largest absolute Gasteiger partial charge is 0.289 e. The van der Waals surface area contributed by atoms with Crippen molar-refractivity contribution in [3.05, 3.63) is 11.6 Å². The van der Waals surface area contributed by atoms with Crippen molar-refractivity contribution in [1.82, 2.24) is 0 Å². The molecule has 1 nitrogen and oxygen atoms in total. The van der Waals surface area contributed by atoms with Gasteiger partial charge in [0.15, 0.2) is 5.25 Å². The maximum atomic E-state index is 12.1. The van der Waals surface area contributed by atoms with Crippen LogP contribution in [0.5, 0.6) is 0 Å². The number of hydrogen-bond donors (Lipinski definition) is 0. The van der Waals surface area contributed by atoms with E-state index < -0.39 is 0 Å². The molecule has 15 heavy (non-hydrogen) atoms. The number of allylic oxidation sites excluding steroid dienone is 2. The Hall–Kier alpha value is -0.240. The molecule has 0 N–H and O–H groups in total. The fourth-order valence-corrected chi connectivity index (χ4v) is 6.30. The van der Waals surface area contributed by atoms with Crippen molar-refractivity contribution < 1.29 is 4.79 Å². The van der Waals surface area contributed by atoms with E-state index in [0.29, 0.717) is 21.9 Å². The molecule has 1 fully saturated rings. The van der Waals surface area contributed by atoms with Gasteiger partial charge in [0.05, 0.1) is 0 Å². The number of hydrogen-bond acceptors (Lipinski definition) is 1. The molecule has 2 rings (SSSR count). The Morgan fingerprint density at radius 3 is 2.47 bits per heavy atom. The minimum atomic E-state index is 0.198. The van der Waals surface area contributed by atoms with Crippen molar-refractivity contribution in [3.63, 3.8) is 0 Å². The van der Waals surface area contributed by atoms with Gasteiger partial charge in [0, 0.05) is 5.41 Å².